The fourth-order valence-corrected chi connectivity index (χ4v) is 2.75. The van der Waals surface area contributed by atoms with Crippen LogP contribution in [0.5, 0.6) is 0 Å². The van der Waals surface area contributed by atoms with E-state index in [1.807, 2.05) is 22.6 Å². The Morgan fingerprint density at radius 1 is 1.69 bits per heavy atom. The number of nitrogens with zero attached hydrogens (tertiary/aromatic N) is 2. The van der Waals surface area contributed by atoms with Crippen LogP contribution in [0.4, 0.5) is 5.82 Å². The van der Waals surface area contributed by atoms with E-state index in [4.69, 9.17) is 5.73 Å². The van der Waals surface area contributed by atoms with Crippen molar-refractivity contribution in [1.82, 2.24) is 9.97 Å². The number of anilines is 1. The van der Waals surface area contributed by atoms with E-state index < -0.39 is 0 Å². The SMILES string of the molecule is CCCC1(N)CN(c2nc[nH]c(=O)c2I)C1. The highest BCUT2D eigenvalue weighted by Crippen LogP contribution is 2.29. The molecule has 2 rings (SSSR count). The lowest BCUT2D eigenvalue weighted by Crippen LogP contribution is -2.67. The maximum Gasteiger partial charge on any atom is 0.266 e. The van der Waals surface area contributed by atoms with E-state index >= 15 is 0 Å². The van der Waals surface area contributed by atoms with Crippen LogP contribution in [0.2, 0.25) is 0 Å². The number of H-pyrrole nitrogens is 1. The van der Waals surface area contributed by atoms with E-state index in [0.717, 1.165) is 31.7 Å². The number of nitrogens with two attached hydrogens (primary N) is 1. The maximum absolute atomic E-state index is 11.4. The topological polar surface area (TPSA) is 75.0 Å². The van der Waals surface area contributed by atoms with E-state index in [-0.39, 0.29) is 11.1 Å². The Balaban J connectivity index is 2.12. The second-order valence-electron chi connectivity index (χ2n) is 4.34. The first-order valence-corrected chi connectivity index (χ1v) is 6.40. The minimum Gasteiger partial charge on any atom is -0.352 e. The van der Waals surface area contributed by atoms with Gasteiger partial charge in [-0.25, -0.2) is 4.98 Å². The van der Waals surface area contributed by atoms with Crippen molar-refractivity contribution >= 4 is 28.4 Å². The van der Waals surface area contributed by atoms with Gasteiger partial charge in [-0.1, -0.05) is 13.3 Å². The van der Waals surface area contributed by atoms with Crippen molar-refractivity contribution in [2.24, 2.45) is 5.73 Å². The summed E-state index contributed by atoms with van der Waals surface area (Å²) in [4.78, 5) is 20.2. The van der Waals surface area contributed by atoms with Gasteiger partial charge in [0.05, 0.1) is 11.9 Å². The van der Waals surface area contributed by atoms with E-state index in [9.17, 15) is 4.79 Å². The zero-order chi connectivity index (χ0) is 11.8. The van der Waals surface area contributed by atoms with Gasteiger partial charge in [0.25, 0.3) is 5.56 Å². The predicted molar refractivity (Wildman–Crippen MR) is 71.6 cm³/mol. The molecule has 16 heavy (non-hydrogen) atoms. The van der Waals surface area contributed by atoms with Crippen molar-refractivity contribution in [3.8, 4) is 0 Å². The normalized spacial score (nSPS) is 18.3. The smallest absolute Gasteiger partial charge is 0.266 e. The molecule has 1 aliphatic rings. The number of aromatic nitrogens is 2. The molecule has 6 heteroatoms. The third kappa shape index (κ3) is 2.08. The molecular formula is C10H15IN4O. The summed E-state index contributed by atoms with van der Waals surface area (Å²) in [5, 5.41) is 0. The van der Waals surface area contributed by atoms with E-state index in [0.29, 0.717) is 3.57 Å². The first-order valence-electron chi connectivity index (χ1n) is 5.33. The quantitative estimate of drug-likeness (QED) is 0.798. The molecule has 1 aliphatic heterocycles. The summed E-state index contributed by atoms with van der Waals surface area (Å²) in [5.74, 6) is 0.751. The molecule has 0 bridgehead atoms. The second-order valence-corrected chi connectivity index (χ2v) is 5.42. The molecular weight excluding hydrogens is 319 g/mol. The van der Waals surface area contributed by atoms with Crippen LogP contribution in [-0.2, 0) is 0 Å². The van der Waals surface area contributed by atoms with Gasteiger partial charge in [0.1, 0.15) is 9.39 Å². The van der Waals surface area contributed by atoms with Crippen LogP contribution in [0.3, 0.4) is 0 Å². The van der Waals surface area contributed by atoms with Crippen LogP contribution in [-0.4, -0.2) is 28.6 Å². The molecule has 2 heterocycles. The predicted octanol–water partition coefficient (Wildman–Crippen LogP) is 0.692. The van der Waals surface area contributed by atoms with Gasteiger partial charge in [0.2, 0.25) is 0 Å². The van der Waals surface area contributed by atoms with E-state index in [2.05, 4.69) is 21.8 Å². The fourth-order valence-electron chi connectivity index (χ4n) is 2.11. The standard InChI is InChI=1S/C10H15IN4O/c1-2-3-10(12)4-15(5-10)8-7(11)9(16)14-6-13-8/h6H,2-5,12H2,1H3,(H,13,14,16). The van der Waals surface area contributed by atoms with Gasteiger partial charge < -0.3 is 15.6 Å². The van der Waals surface area contributed by atoms with Crippen molar-refractivity contribution < 1.29 is 0 Å². The van der Waals surface area contributed by atoms with Crippen molar-refractivity contribution in [3.05, 3.63) is 20.3 Å². The number of hydrogen-bond acceptors (Lipinski definition) is 4. The molecule has 0 unspecified atom stereocenters. The third-order valence-corrected chi connectivity index (χ3v) is 3.81. The maximum atomic E-state index is 11.4. The Hall–Kier alpha value is -0.630. The molecule has 1 aromatic heterocycles. The van der Waals surface area contributed by atoms with Gasteiger partial charge in [0, 0.05) is 13.1 Å². The van der Waals surface area contributed by atoms with Crippen LogP contribution < -0.4 is 16.2 Å². The molecule has 0 radical (unpaired) electrons. The Morgan fingerprint density at radius 3 is 3.00 bits per heavy atom. The van der Waals surface area contributed by atoms with E-state index in [1.54, 1.807) is 0 Å². The van der Waals surface area contributed by atoms with Crippen LogP contribution >= 0.6 is 22.6 Å². The van der Waals surface area contributed by atoms with Crippen molar-refractivity contribution in [2.45, 2.75) is 25.3 Å². The van der Waals surface area contributed by atoms with Gasteiger partial charge in [-0.3, -0.25) is 4.79 Å². The molecule has 0 aliphatic carbocycles. The molecule has 1 fully saturated rings. The molecule has 0 amide bonds. The lowest BCUT2D eigenvalue weighted by atomic mass is 9.86. The summed E-state index contributed by atoms with van der Waals surface area (Å²) in [7, 11) is 0. The Kier molecular flexibility index (Phi) is 3.20. The monoisotopic (exact) mass is 334 g/mol. The number of hydrogen-bond donors (Lipinski definition) is 2. The molecule has 88 valence electrons. The molecule has 1 saturated heterocycles. The lowest BCUT2D eigenvalue weighted by Gasteiger charge is -2.48. The van der Waals surface area contributed by atoms with Crippen molar-refractivity contribution in [2.75, 3.05) is 18.0 Å². The number of halogens is 1. The van der Waals surface area contributed by atoms with Crippen LogP contribution in [0, 0.1) is 3.57 Å². The molecule has 5 nitrogen and oxygen atoms in total. The largest absolute Gasteiger partial charge is 0.352 e. The Labute approximate surface area is 108 Å². The van der Waals surface area contributed by atoms with Crippen LogP contribution in [0.25, 0.3) is 0 Å². The second kappa shape index (κ2) is 4.33. The molecule has 0 aromatic carbocycles. The fraction of sp³-hybridized carbons (Fsp3) is 0.600. The van der Waals surface area contributed by atoms with Gasteiger partial charge in [-0.05, 0) is 29.0 Å². The van der Waals surface area contributed by atoms with Gasteiger partial charge in [-0.15, -0.1) is 0 Å². The number of rotatable bonds is 3. The average Bonchev–Trinajstić information content (AvgIpc) is 2.19. The van der Waals surface area contributed by atoms with E-state index in [1.165, 1.54) is 6.33 Å². The summed E-state index contributed by atoms with van der Waals surface area (Å²) in [6.07, 6.45) is 3.55. The highest BCUT2D eigenvalue weighted by atomic mass is 127. The molecule has 1 aromatic rings. The van der Waals surface area contributed by atoms with Gasteiger partial charge >= 0.3 is 0 Å². The molecule has 0 spiro atoms. The van der Waals surface area contributed by atoms with Crippen LogP contribution in [0.1, 0.15) is 19.8 Å². The van der Waals surface area contributed by atoms with Crippen molar-refractivity contribution in [3.63, 3.8) is 0 Å². The minimum atomic E-state index is -0.0951. The zero-order valence-corrected chi connectivity index (χ0v) is 11.3. The molecule has 0 saturated carbocycles. The summed E-state index contributed by atoms with van der Waals surface area (Å²) in [6.45, 7) is 3.70. The summed E-state index contributed by atoms with van der Waals surface area (Å²) in [6, 6.07) is 0. The lowest BCUT2D eigenvalue weighted by molar-refractivity contribution is 0.305. The molecule has 3 N–H and O–H groups in total. The molecule has 0 atom stereocenters. The average molecular weight is 334 g/mol. The van der Waals surface area contributed by atoms with Gasteiger partial charge in [-0.2, -0.15) is 0 Å². The van der Waals surface area contributed by atoms with Crippen molar-refractivity contribution in [1.29, 1.82) is 0 Å². The summed E-state index contributed by atoms with van der Waals surface area (Å²) < 4.78 is 0.638. The third-order valence-electron chi connectivity index (χ3n) is 2.84. The Morgan fingerprint density at radius 2 is 2.38 bits per heavy atom. The zero-order valence-electron chi connectivity index (χ0n) is 9.16. The van der Waals surface area contributed by atoms with Gasteiger partial charge in [0.15, 0.2) is 0 Å². The summed E-state index contributed by atoms with van der Waals surface area (Å²) >= 11 is 2.02. The van der Waals surface area contributed by atoms with Crippen LogP contribution in [0.15, 0.2) is 11.1 Å². The first kappa shape index (κ1) is 11.8. The summed E-state index contributed by atoms with van der Waals surface area (Å²) in [5.41, 5.74) is 5.99. The highest BCUT2D eigenvalue weighted by molar-refractivity contribution is 14.1. The minimum absolute atomic E-state index is 0.0874. The highest BCUT2D eigenvalue weighted by Gasteiger charge is 2.40. The number of aromatic amines is 1. The Bertz CT molecular complexity index is 439. The first-order chi connectivity index (χ1) is 7.56. The number of nitrogens with one attached hydrogen (secondary N) is 1.